The van der Waals surface area contributed by atoms with Crippen LogP contribution in [-0.4, -0.2) is 23.7 Å². The van der Waals surface area contributed by atoms with Gasteiger partial charge in [0.25, 0.3) is 0 Å². The lowest BCUT2D eigenvalue weighted by molar-refractivity contribution is -0.385. The van der Waals surface area contributed by atoms with Crippen LogP contribution in [0.5, 0.6) is 5.75 Å². The summed E-state index contributed by atoms with van der Waals surface area (Å²) in [5.41, 5.74) is 3.65. The maximum absolute atomic E-state index is 11.8. The topological polar surface area (TPSA) is 93.8 Å². The van der Waals surface area contributed by atoms with Crippen LogP contribution in [0.15, 0.2) is 53.6 Å². The molecule has 0 saturated carbocycles. The van der Waals surface area contributed by atoms with Crippen LogP contribution in [0.2, 0.25) is 0 Å². The lowest BCUT2D eigenvalue weighted by atomic mass is 10.1. The number of nitro benzene ring substituents is 1. The molecule has 0 unspecified atom stereocenters. The zero-order valence-corrected chi connectivity index (χ0v) is 13.8. The summed E-state index contributed by atoms with van der Waals surface area (Å²) in [6.07, 6.45) is 2.33. The van der Waals surface area contributed by atoms with E-state index in [2.05, 4.69) is 10.5 Å². The molecule has 0 heterocycles. The highest BCUT2D eigenvalue weighted by molar-refractivity contribution is 5.84. The molecule has 25 heavy (non-hydrogen) atoms. The number of carbonyl (C=O) groups is 1. The van der Waals surface area contributed by atoms with Gasteiger partial charge in [-0.1, -0.05) is 37.3 Å². The zero-order valence-electron chi connectivity index (χ0n) is 13.8. The van der Waals surface area contributed by atoms with E-state index in [1.165, 1.54) is 18.3 Å². The summed E-state index contributed by atoms with van der Waals surface area (Å²) in [6.45, 7) is 2.33. The largest absolute Gasteiger partial charge is 0.487 e. The molecule has 2 aromatic rings. The minimum atomic E-state index is -0.504. The van der Waals surface area contributed by atoms with E-state index in [4.69, 9.17) is 4.74 Å². The average Bonchev–Trinajstić information content (AvgIpc) is 2.61. The highest BCUT2D eigenvalue weighted by atomic mass is 16.6. The second-order valence-electron chi connectivity index (χ2n) is 5.29. The first-order valence-electron chi connectivity index (χ1n) is 7.87. The van der Waals surface area contributed by atoms with Gasteiger partial charge in [-0.3, -0.25) is 14.9 Å². The van der Waals surface area contributed by atoms with E-state index in [-0.39, 0.29) is 23.8 Å². The fraction of sp³-hybridized carbons (Fsp3) is 0.222. The standard InChI is InChI=1S/C18H19N3O4/c1-2-10-25-17-9-8-15(11-16(17)21(23)24)13-19-20-18(22)12-14-6-4-3-5-7-14/h3-9,11,13H,2,10,12H2,1H3,(H,20,22)/b19-13-. The first-order valence-corrected chi connectivity index (χ1v) is 7.87. The molecule has 7 heteroatoms. The molecule has 0 radical (unpaired) electrons. The van der Waals surface area contributed by atoms with Crippen LogP contribution in [0.3, 0.4) is 0 Å². The highest BCUT2D eigenvalue weighted by Crippen LogP contribution is 2.27. The molecular formula is C18H19N3O4. The minimum absolute atomic E-state index is 0.131. The van der Waals surface area contributed by atoms with E-state index in [1.807, 2.05) is 37.3 Å². The van der Waals surface area contributed by atoms with Gasteiger partial charge < -0.3 is 4.74 Å². The normalized spacial score (nSPS) is 10.6. The van der Waals surface area contributed by atoms with E-state index in [0.717, 1.165) is 12.0 Å². The van der Waals surface area contributed by atoms with Gasteiger partial charge in [0.1, 0.15) is 0 Å². The molecule has 1 amide bonds. The number of benzene rings is 2. The zero-order chi connectivity index (χ0) is 18.1. The lowest BCUT2D eigenvalue weighted by Crippen LogP contribution is -2.19. The van der Waals surface area contributed by atoms with Gasteiger partial charge >= 0.3 is 5.69 Å². The smallest absolute Gasteiger partial charge is 0.311 e. The van der Waals surface area contributed by atoms with Crippen molar-refractivity contribution < 1.29 is 14.5 Å². The van der Waals surface area contributed by atoms with E-state index < -0.39 is 4.92 Å². The Morgan fingerprint density at radius 1 is 1.28 bits per heavy atom. The number of hydrogen-bond acceptors (Lipinski definition) is 5. The predicted octanol–water partition coefficient (Wildman–Crippen LogP) is 3.08. The minimum Gasteiger partial charge on any atom is -0.487 e. The number of rotatable bonds is 8. The van der Waals surface area contributed by atoms with Gasteiger partial charge in [0, 0.05) is 11.6 Å². The fourth-order valence-electron chi connectivity index (χ4n) is 2.09. The maximum atomic E-state index is 11.8. The first-order chi connectivity index (χ1) is 12.1. The Bertz CT molecular complexity index is 760. The van der Waals surface area contributed by atoms with Crippen molar-refractivity contribution in [1.82, 2.24) is 5.43 Å². The Hall–Kier alpha value is -3.22. The molecule has 130 valence electrons. The van der Waals surface area contributed by atoms with Gasteiger partial charge in [0.05, 0.1) is 24.2 Å². The second-order valence-corrected chi connectivity index (χ2v) is 5.29. The summed E-state index contributed by atoms with van der Waals surface area (Å²) >= 11 is 0. The Labute approximate surface area is 145 Å². The number of amides is 1. The number of carbonyl (C=O) groups excluding carboxylic acids is 1. The number of nitrogens with one attached hydrogen (secondary N) is 1. The molecule has 7 nitrogen and oxygen atoms in total. The number of ether oxygens (including phenoxy) is 1. The van der Waals surface area contributed by atoms with Crippen LogP contribution < -0.4 is 10.2 Å². The van der Waals surface area contributed by atoms with Gasteiger partial charge in [0.2, 0.25) is 5.91 Å². The quantitative estimate of drug-likeness (QED) is 0.453. The Kier molecular flexibility index (Phi) is 6.65. The van der Waals surface area contributed by atoms with E-state index in [1.54, 1.807) is 6.07 Å². The van der Waals surface area contributed by atoms with Gasteiger partial charge in [-0.05, 0) is 24.1 Å². The van der Waals surface area contributed by atoms with Gasteiger partial charge in [-0.2, -0.15) is 5.10 Å². The molecule has 0 bridgehead atoms. The van der Waals surface area contributed by atoms with Crippen LogP contribution in [0, 0.1) is 10.1 Å². The molecule has 1 N–H and O–H groups in total. The molecule has 2 aromatic carbocycles. The van der Waals surface area contributed by atoms with Crippen LogP contribution in [0.25, 0.3) is 0 Å². The van der Waals surface area contributed by atoms with E-state index in [9.17, 15) is 14.9 Å². The first kappa shape index (κ1) is 18.1. The molecule has 0 aliphatic carbocycles. The summed E-state index contributed by atoms with van der Waals surface area (Å²) in [6, 6.07) is 13.8. The highest BCUT2D eigenvalue weighted by Gasteiger charge is 2.15. The SMILES string of the molecule is CCCOc1ccc(/C=N\NC(=O)Cc2ccccc2)cc1[N+](=O)[O-]. The molecule has 0 fully saturated rings. The van der Waals surface area contributed by atoms with Crippen LogP contribution in [-0.2, 0) is 11.2 Å². The number of nitrogens with zero attached hydrogens (tertiary/aromatic N) is 2. The van der Waals surface area contributed by atoms with Crippen LogP contribution in [0.1, 0.15) is 24.5 Å². The third kappa shape index (κ3) is 5.72. The summed E-state index contributed by atoms with van der Waals surface area (Å²) in [5, 5.41) is 15.0. The van der Waals surface area contributed by atoms with Crippen molar-refractivity contribution in [2.45, 2.75) is 19.8 Å². The summed E-state index contributed by atoms with van der Waals surface area (Å²) < 4.78 is 5.36. The average molecular weight is 341 g/mol. The van der Waals surface area contributed by atoms with Gasteiger partial charge in [0.15, 0.2) is 5.75 Å². The fourth-order valence-corrected chi connectivity index (χ4v) is 2.09. The Balaban J connectivity index is 1.99. The van der Waals surface area contributed by atoms with Crippen molar-refractivity contribution in [2.75, 3.05) is 6.61 Å². The molecule has 0 spiro atoms. The van der Waals surface area contributed by atoms with Crippen molar-refractivity contribution in [3.8, 4) is 5.75 Å². The Morgan fingerprint density at radius 2 is 2.04 bits per heavy atom. The second kappa shape index (κ2) is 9.17. The molecular weight excluding hydrogens is 322 g/mol. The summed E-state index contributed by atoms with van der Waals surface area (Å²) in [7, 11) is 0. The molecule has 0 saturated heterocycles. The van der Waals surface area contributed by atoms with E-state index in [0.29, 0.717) is 12.2 Å². The van der Waals surface area contributed by atoms with Crippen molar-refractivity contribution in [3.63, 3.8) is 0 Å². The lowest BCUT2D eigenvalue weighted by Gasteiger charge is -2.05. The van der Waals surface area contributed by atoms with Crippen molar-refractivity contribution >= 4 is 17.8 Å². The number of hydrogen-bond donors (Lipinski definition) is 1. The maximum Gasteiger partial charge on any atom is 0.311 e. The van der Waals surface area contributed by atoms with Gasteiger partial charge in [-0.15, -0.1) is 0 Å². The molecule has 2 rings (SSSR count). The van der Waals surface area contributed by atoms with Crippen LogP contribution >= 0.6 is 0 Å². The number of nitro groups is 1. The Morgan fingerprint density at radius 3 is 2.72 bits per heavy atom. The van der Waals surface area contributed by atoms with E-state index >= 15 is 0 Å². The molecule has 0 aliphatic heterocycles. The van der Waals surface area contributed by atoms with Crippen molar-refractivity contribution in [3.05, 3.63) is 69.8 Å². The monoisotopic (exact) mass is 341 g/mol. The van der Waals surface area contributed by atoms with Crippen molar-refractivity contribution in [1.29, 1.82) is 0 Å². The predicted molar refractivity (Wildman–Crippen MR) is 94.8 cm³/mol. The third-order valence-electron chi connectivity index (χ3n) is 3.25. The van der Waals surface area contributed by atoms with Gasteiger partial charge in [-0.25, -0.2) is 5.43 Å². The van der Waals surface area contributed by atoms with Crippen molar-refractivity contribution in [2.24, 2.45) is 5.10 Å². The molecule has 0 atom stereocenters. The molecule has 0 aromatic heterocycles. The number of hydrazone groups is 1. The summed E-state index contributed by atoms with van der Waals surface area (Å²) in [5.74, 6) is -0.0445. The van der Waals surface area contributed by atoms with Crippen LogP contribution in [0.4, 0.5) is 5.69 Å². The molecule has 0 aliphatic rings. The third-order valence-corrected chi connectivity index (χ3v) is 3.25. The summed E-state index contributed by atoms with van der Waals surface area (Å²) in [4.78, 5) is 22.4.